The molecule has 4 atom stereocenters. The standard InChI is InChI=1S/C14H29NO.C2H6/c1-6-13-10-14(4,15-7-8-16-5)9-11(2)12(13)3;1-2/h11-13,15H,6-10H2,1-5H3;1-2H3. The van der Waals surface area contributed by atoms with Gasteiger partial charge in [-0.25, -0.2) is 0 Å². The predicted molar refractivity (Wildman–Crippen MR) is 81.0 cm³/mol. The fourth-order valence-electron chi connectivity index (χ4n) is 3.32. The second kappa shape index (κ2) is 8.92. The lowest BCUT2D eigenvalue weighted by Crippen LogP contribution is -2.51. The molecule has 0 radical (unpaired) electrons. The third kappa shape index (κ3) is 5.27. The molecule has 0 bridgehead atoms. The number of nitrogens with one attached hydrogen (secondary N) is 1. The highest BCUT2D eigenvalue weighted by atomic mass is 16.5. The van der Waals surface area contributed by atoms with E-state index in [0.717, 1.165) is 30.9 Å². The van der Waals surface area contributed by atoms with Crippen molar-refractivity contribution >= 4 is 0 Å². The van der Waals surface area contributed by atoms with Crippen LogP contribution in [0.3, 0.4) is 0 Å². The van der Waals surface area contributed by atoms with Crippen molar-refractivity contribution in [3.05, 3.63) is 0 Å². The molecule has 110 valence electrons. The van der Waals surface area contributed by atoms with E-state index in [1.54, 1.807) is 7.11 Å². The first kappa shape index (κ1) is 17.9. The Morgan fingerprint density at radius 1 is 1.22 bits per heavy atom. The molecule has 1 saturated carbocycles. The normalized spacial score (nSPS) is 35.8. The van der Waals surface area contributed by atoms with Gasteiger partial charge in [0.25, 0.3) is 0 Å². The third-order valence-corrected chi connectivity index (χ3v) is 4.51. The van der Waals surface area contributed by atoms with Crippen molar-refractivity contribution in [1.82, 2.24) is 5.32 Å². The lowest BCUT2D eigenvalue weighted by Gasteiger charge is -2.46. The Labute approximate surface area is 115 Å². The molecule has 0 spiro atoms. The number of methoxy groups -OCH3 is 1. The van der Waals surface area contributed by atoms with Gasteiger partial charge in [-0.2, -0.15) is 0 Å². The lowest BCUT2D eigenvalue weighted by atomic mass is 9.65. The SMILES string of the molecule is CC.CCC1CC(C)(NCCOC)CC(C)C1C. The Morgan fingerprint density at radius 3 is 2.33 bits per heavy atom. The van der Waals surface area contributed by atoms with Crippen molar-refractivity contribution in [2.75, 3.05) is 20.3 Å². The Balaban J connectivity index is 0.00000137. The second-order valence-corrected chi connectivity index (χ2v) is 5.89. The van der Waals surface area contributed by atoms with Crippen LogP contribution in [0.1, 0.15) is 60.8 Å². The summed E-state index contributed by atoms with van der Waals surface area (Å²) in [7, 11) is 1.77. The molecule has 2 nitrogen and oxygen atoms in total. The van der Waals surface area contributed by atoms with Crippen LogP contribution < -0.4 is 5.32 Å². The molecule has 0 heterocycles. The first-order valence-electron chi connectivity index (χ1n) is 7.76. The van der Waals surface area contributed by atoms with E-state index in [-0.39, 0.29) is 0 Å². The Bertz CT molecular complexity index is 207. The Kier molecular flexibility index (Phi) is 8.89. The van der Waals surface area contributed by atoms with Crippen LogP contribution >= 0.6 is 0 Å². The van der Waals surface area contributed by atoms with Crippen molar-refractivity contribution < 1.29 is 4.74 Å². The molecular formula is C16H35NO. The summed E-state index contributed by atoms with van der Waals surface area (Å²) < 4.78 is 5.12. The molecule has 0 saturated heterocycles. The topological polar surface area (TPSA) is 21.3 Å². The fourth-order valence-corrected chi connectivity index (χ4v) is 3.32. The summed E-state index contributed by atoms with van der Waals surface area (Å²) in [5.74, 6) is 2.59. The maximum Gasteiger partial charge on any atom is 0.0587 e. The van der Waals surface area contributed by atoms with Crippen LogP contribution in [0.15, 0.2) is 0 Å². The highest BCUT2D eigenvalue weighted by Crippen LogP contribution is 2.41. The molecule has 0 amide bonds. The molecular weight excluding hydrogens is 222 g/mol. The van der Waals surface area contributed by atoms with Crippen molar-refractivity contribution in [2.45, 2.75) is 66.3 Å². The summed E-state index contributed by atoms with van der Waals surface area (Å²) in [6.07, 6.45) is 3.93. The minimum atomic E-state index is 0.325. The van der Waals surface area contributed by atoms with Gasteiger partial charge in [0, 0.05) is 19.2 Å². The molecule has 0 aromatic rings. The van der Waals surface area contributed by atoms with E-state index in [9.17, 15) is 0 Å². The highest BCUT2D eigenvalue weighted by Gasteiger charge is 2.38. The van der Waals surface area contributed by atoms with Crippen molar-refractivity contribution in [3.63, 3.8) is 0 Å². The van der Waals surface area contributed by atoms with Crippen LogP contribution in [0, 0.1) is 17.8 Å². The van der Waals surface area contributed by atoms with Gasteiger partial charge in [0.05, 0.1) is 6.61 Å². The summed E-state index contributed by atoms with van der Waals surface area (Å²) in [6, 6.07) is 0. The van der Waals surface area contributed by atoms with Crippen LogP contribution in [-0.2, 0) is 4.74 Å². The quantitative estimate of drug-likeness (QED) is 0.749. The second-order valence-electron chi connectivity index (χ2n) is 5.89. The summed E-state index contributed by atoms with van der Waals surface area (Å²) >= 11 is 0. The monoisotopic (exact) mass is 257 g/mol. The van der Waals surface area contributed by atoms with Crippen LogP contribution in [0.4, 0.5) is 0 Å². The first-order chi connectivity index (χ1) is 8.52. The zero-order valence-corrected chi connectivity index (χ0v) is 13.7. The van der Waals surface area contributed by atoms with Crippen molar-refractivity contribution in [3.8, 4) is 0 Å². The Hall–Kier alpha value is -0.0800. The van der Waals surface area contributed by atoms with Gasteiger partial charge in [-0.05, 0) is 37.5 Å². The molecule has 0 aromatic carbocycles. The van der Waals surface area contributed by atoms with Gasteiger partial charge >= 0.3 is 0 Å². The smallest absolute Gasteiger partial charge is 0.0587 e. The van der Waals surface area contributed by atoms with Gasteiger partial charge in [0.15, 0.2) is 0 Å². The van der Waals surface area contributed by atoms with Gasteiger partial charge in [0.1, 0.15) is 0 Å². The number of rotatable bonds is 5. The summed E-state index contributed by atoms with van der Waals surface area (Å²) in [5, 5.41) is 3.69. The van der Waals surface area contributed by atoms with E-state index in [4.69, 9.17) is 4.74 Å². The number of hydrogen-bond donors (Lipinski definition) is 1. The molecule has 4 unspecified atom stereocenters. The van der Waals surface area contributed by atoms with Gasteiger partial charge in [0.2, 0.25) is 0 Å². The van der Waals surface area contributed by atoms with Gasteiger partial charge in [-0.15, -0.1) is 0 Å². The maximum absolute atomic E-state index is 5.12. The van der Waals surface area contributed by atoms with Crippen LogP contribution in [-0.4, -0.2) is 25.8 Å². The van der Waals surface area contributed by atoms with E-state index in [1.807, 2.05) is 13.8 Å². The average molecular weight is 257 g/mol. The minimum Gasteiger partial charge on any atom is -0.383 e. The minimum absolute atomic E-state index is 0.325. The van der Waals surface area contributed by atoms with Crippen LogP contribution in [0.25, 0.3) is 0 Å². The largest absolute Gasteiger partial charge is 0.383 e. The van der Waals surface area contributed by atoms with Crippen molar-refractivity contribution in [2.24, 2.45) is 17.8 Å². The molecule has 1 aliphatic carbocycles. The lowest BCUT2D eigenvalue weighted by molar-refractivity contribution is 0.0821. The summed E-state index contributed by atoms with van der Waals surface area (Å²) in [6.45, 7) is 15.3. The van der Waals surface area contributed by atoms with Crippen LogP contribution in [0.5, 0.6) is 0 Å². The van der Waals surface area contributed by atoms with E-state index in [2.05, 4.69) is 33.0 Å². The average Bonchev–Trinajstić information content (AvgIpc) is 2.37. The molecule has 2 heteroatoms. The summed E-state index contributed by atoms with van der Waals surface area (Å²) in [4.78, 5) is 0. The highest BCUT2D eigenvalue weighted by molar-refractivity contribution is 4.94. The zero-order valence-electron chi connectivity index (χ0n) is 13.7. The van der Waals surface area contributed by atoms with E-state index >= 15 is 0 Å². The van der Waals surface area contributed by atoms with Crippen molar-refractivity contribution in [1.29, 1.82) is 0 Å². The first-order valence-corrected chi connectivity index (χ1v) is 7.76. The molecule has 0 aliphatic heterocycles. The zero-order chi connectivity index (χ0) is 14.2. The summed E-state index contributed by atoms with van der Waals surface area (Å²) in [5.41, 5.74) is 0.325. The number of hydrogen-bond acceptors (Lipinski definition) is 2. The molecule has 1 fully saturated rings. The van der Waals surface area contributed by atoms with E-state index < -0.39 is 0 Å². The molecule has 18 heavy (non-hydrogen) atoms. The van der Waals surface area contributed by atoms with Gasteiger partial charge in [-0.3, -0.25) is 0 Å². The maximum atomic E-state index is 5.12. The number of ether oxygens (including phenoxy) is 1. The third-order valence-electron chi connectivity index (χ3n) is 4.51. The van der Waals surface area contributed by atoms with Gasteiger partial charge in [-0.1, -0.05) is 41.0 Å². The van der Waals surface area contributed by atoms with E-state index in [1.165, 1.54) is 19.3 Å². The molecule has 1 N–H and O–H groups in total. The predicted octanol–water partition coefficient (Wildman–Crippen LogP) is 4.10. The van der Waals surface area contributed by atoms with Crippen LogP contribution in [0.2, 0.25) is 0 Å². The van der Waals surface area contributed by atoms with Gasteiger partial charge < -0.3 is 10.1 Å². The molecule has 1 aliphatic rings. The van der Waals surface area contributed by atoms with E-state index in [0.29, 0.717) is 5.54 Å². The molecule has 1 rings (SSSR count). The molecule has 0 aromatic heterocycles. The fraction of sp³-hybridized carbons (Fsp3) is 1.00. The Morgan fingerprint density at radius 2 is 1.83 bits per heavy atom.